The lowest BCUT2D eigenvalue weighted by Crippen LogP contribution is -2.04. The lowest BCUT2D eigenvalue weighted by molar-refractivity contribution is 0.0693. The van der Waals surface area contributed by atoms with E-state index in [0.29, 0.717) is 0 Å². The van der Waals surface area contributed by atoms with Gasteiger partial charge in [0.25, 0.3) is 0 Å². The van der Waals surface area contributed by atoms with E-state index in [9.17, 15) is 19.8 Å². The molecule has 0 radical (unpaired) electrons. The van der Waals surface area contributed by atoms with E-state index in [0.717, 1.165) is 6.07 Å². The van der Waals surface area contributed by atoms with E-state index in [1.807, 2.05) is 0 Å². The van der Waals surface area contributed by atoms with E-state index in [1.54, 1.807) is 0 Å². The molecule has 0 saturated carbocycles. The highest BCUT2D eigenvalue weighted by Gasteiger charge is 2.22. The summed E-state index contributed by atoms with van der Waals surface area (Å²) >= 11 is 0. The number of carboxylic acids is 2. The van der Waals surface area contributed by atoms with Gasteiger partial charge in [0.05, 0.1) is 5.56 Å². The van der Waals surface area contributed by atoms with Crippen LogP contribution >= 0.6 is 0 Å². The second-order valence-corrected chi connectivity index (χ2v) is 3.63. The minimum atomic E-state index is -1.51. The van der Waals surface area contributed by atoms with Gasteiger partial charge >= 0.3 is 11.9 Å². The first kappa shape index (κ1) is 11.7. The maximum absolute atomic E-state index is 11.1. The molecule has 0 bridgehead atoms. The molecule has 2 rings (SSSR count). The van der Waals surface area contributed by atoms with Crippen molar-refractivity contribution >= 4 is 22.7 Å². The summed E-state index contributed by atoms with van der Waals surface area (Å²) in [5.41, 5.74) is -0.872. The second kappa shape index (κ2) is 3.92. The van der Waals surface area contributed by atoms with Gasteiger partial charge in [-0.1, -0.05) is 12.1 Å². The smallest absolute Gasteiger partial charge is 0.340 e. The van der Waals surface area contributed by atoms with Crippen LogP contribution in [0.5, 0.6) is 11.5 Å². The quantitative estimate of drug-likeness (QED) is 0.600. The SMILES string of the molecule is O=C(O)c1cccc2cc(O)c(O)c(C(=O)O)c12. The van der Waals surface area contributed by atoms with Gasteiger partial charge in [-0.05, 0) is 17.5 Å². The zero-order valence-electron chi connectivity index (χ0n) is 8.91. The first-order valence-corrected chi connectivity index (χ1v) is 4.87. The molecule has 2 aromatic rings. The Balaban J connectivity index is 3.05. The molecule has 4 N–H and O–H groups in total. The van der Waals surface area contributed by atoms with Crippen LogP contribution in [0.2, 0.25) is 0 Å². The lowest BCUT2D eigenvalue weighted by atomic mass is 9.98. The number of fused-ring (bicyclic) bond motifs is 1. The highest BCUT2D eigenvalue weighted by Crippen LogP contribution is 2.37. The van der Waals surface area contributed by atoms with Crippen LogP contribution in [-0.4, -0.2) is 32.4 Å². The summed E-state index contributed by atoms with van der Waals surface area (Å²) in [5.74, 6) is -4.28. The van der Waals surface area contributed by atoms with Crippen molar-refractivity contribution in [2.75, 3.05) is 0 Å². The van der Waals surface area contributed by atoms with Crippen molar-refractivity contribution in [2.24, 2.45) is 0 Å². The van der Waals surface area contributed by atoms with Crippen LogP contribution < -0.4 is 0 Å². The van der Waals surface area contributed by atoms with Crippen LogP contribution in [0, 0.1) is 0 Å². The molecule has 0 saturated heterocycles. The second-order valence-electron chi connectivity index (χ2n) is 3.63. The van der Waals surface area contributed by atoms with Crippen molar-refractivity contribution in [1.82, 2.24) is 0 Å². The molecule has 18 heavy (non-hydrogen) atoms. The molecule has 0 aliphatic heterocycles. The Kier molecular flexibility index (Phi) is 2.55. The maximum Gasteiger partial charge on any atom is 0.340 e. The number of aromatic hydroxyl groups is 2. The summed E-state index contributed by atoms with van der Waals surface area (Å²) in [5, 5.41) is 37.1. The van der Waals surface area contributed by atoms with E-state index < -0.39 is 29.0 Å². The molecule has 0 fully saturated rings. The van der Waals surface area contributed by atoms with Crippen LogP contribution in [-0.2, 0) is 0 Å². The van der Waals surface area contributed by atoms with Gasteiger partial charge in [0, 0.05) is 5.39 Å². The van der Waals surface area contributed by atoms with Gasteiger partial charge in [-0.25, -0.2) is 9.59 Å². The average molecular weight is 248 g/mol. The molecule has 0 aliphatic rings. The summed E-state index contributed by atoms with van der Waals surface area (Å²) in [6, 6.07) is 5.22. The van der Waals surface area contributed by atoms with Gasteiger partial charge in [-0.15, -0.1) is 0 Å². The van der Waals surface area contributed by atoms with Gasteiger partial charge in [0.15, 0.2) is 11.5 Å². The van der Waals surface area contributed by atoms with E-state index in [4.69, 9.17) is 10.2 Å². The fourth-order valence-corrected chi connectivity index (χ4v) is 1.82. The molecule has 92 valence electrons. The number of aromatic carboxylic acids is 2. The number of hydrogen-bond donors (Lipinski definition) is 4. The molecule has 0 heterocycles. The fourth-order valence-electron chi connectivity index (χ4n) is 1.82. The Hall–Kier alpha value is -2.76. The number of carbonyl (C=O) groups is 2. The van der Waals surface area contributed by atoms with Crippen molar-refractivity contribution < 1.29 is 30.0 Å². The first-order valence-electron chi connectivity index (χ1n) is 4.87. The number of benzene rings is 2. The van der Waals surface area contributed by atoms with E-state index in [1.165, 1.54) is 18.2 Å². The largest absolute Gasteiger partial charge is 0.504 e. The van der Waals surface area contributed by atoms with Crippen molar-refractivity contribution in [3.05, 3.63) is 35.4 Å². The van der Waals surface area contributed by atoms with Gasteiger partial charge in [0.1, 0.15) is 5.56 Å². The minimum absolute atomic E-state index is 0.118. The highest BCUT2D eigenvalue weighted by atomic mass is 16.4. The third-order valence-electron chi connectivity index (χ3n) is 2.56. The standard InChI is InChI=1S/C12H8O6/c13-7-4-5-2-1-3-6(11(15)16)8(5)9(10(7)14)12(17)18/h1-4,13-14H,(H,15,16)(H,17,18). The molecule has 0 atom stereocenters. The third-order valence-corrected chi connectivity index (χ3v) is 2.56. The van der Waals surface area contributed by atoms with Gasteiger partial charge in [-0.2, -0.15) is 0 Å². The number of rotatable bonds is 2. The molecule has 0 aromatic heterocycles. The van der Waals surface area contributed by atoms with Crippen LogP contribution in [0.3, 0.4) is 0 Å². The van der Waals surface area contributed by atoms with Gasteiger partial charge < -0.3 is 20.4 Å². The molecule has 0 unspecified atom stereocenters. The van der Waals surface area contributed by atoms with E-state index >= 15 is 0 Å². The third kappa shape index (κ3) is 1.60. The van der Waals surface area contributed by atoms with Crippen molar-refractivity contribution in [2.45, 2.75) is 0 Å². The predicted octanol–water partition coefficient (Wildman–Crippen LogP) is 1.65. The molecule has 6 heteroatoms. The zero-order valence-corrected chi connectivity index (χ0v) is 8.91. The lowest BCUT2D eigenvalue weighted by Gasteiger charge is -2.09. The van der Waals surface area contributed by atoms with Crippen LogP contribution in [0.15, 0.2) is 24.3 Å². The molecule has 0 amide bonds. The summed E-state index contributed by atoms with van der Waals surface area (Å²) in [4.78, 5) is 22.1. The van der Waals surface area contributed by atoms with E-state index in [2.05, 4.69) is 0 Å². The molecule has 0 aliphatic carbocycles. The Morgan fingerprint density at radius 3 is 2.22 bits per heavy atom. The minimum Gasteiger partial charge on any atom is -0.504 e. The van der Waals surface area contributed by atoms with Crippen LogP contribution in [0.25, 0.3) is 10.8 Å². The highest BCUT2D eigenvalue weighted by molar-refractivity contribution is 6.14. The van der Waals surface area contributed by atoms with E-state index in [-0.39, 0.29) is 16.3 Å². The monoisotopic (exact) mass is 248 g/mol. The normalized spacial score (nSPS) is 10.4. The number of phenolic OH excluding ortho intramolecular Hbond substituents is 1. The van der Waals surface area contributed by atoms with Crippen molar-refractivity contribution in [1.29, 1.82) is 0 Å². The summed E-state index contributed by atoms with van der Waals surface area (Å²) in [7, 11) is 0. The summed E-state index contributed by atoms with van der Waals surface area (Å²) < 4.78 is 0. The average Bonchev–Trinajstić information content (AvgIpc) is 2.29. The number of hydrogen-bond acceptors (Lipinski definition) is 4. The Morgan fingerprint density at radius 1 is 1.00 bits per heavy atom. The summed E-state index contributed by atoms with van der Waals surface area (Å²) in [6.07, 6.45) is 0. The molecular weight excluding hydrogens is 240 g/mol. The molecule has 0 spiro atoms. The Morgan fingerprint density at radius 2 is 1.67 bits per heavy atom. The van der Waals surface area contributed by atoms with Crippen LogP contribution in [0.4, 0.5) is 0 Å². The zero-order chi connectivity index (χ0) is 13.4. The molecule has 6 nitrogen and oxygen atoms in total. The molecule has 2 aromatic carbocycles. The Labute approximate surface area is 100 Å². The molecular formula is C12H8O6. The van der Waals surface area contributed by atoms with Crippen LogP contribution in [0.1, 0.15) is 20.7 Å². The van der Waals surface area contributed by atoms with Crippen molar-refractivity contribution in [3.63, 3.8) is 0 Å². The van der Waals surface area contributed by atoms with Gasteiger partial charge in [0.2, 0.25) is 0 Å². The fraction of sp³-hybridized carbons (Fsp3) is 0. The van der Waals surface area contributed by atoms with Gasteiger partial charge in [-0.3, -0.25) is 0 Å². The first-order chi connectivity index (χ1) is 8.43. The Bertz CT molecular complexity index is 674. The number of phenols is 2. The maximum atomic E-state index is 11.1. The topological polar surface area (TPSA) is 115 Å². The summed E-state index contributed by atoms with van der Waals surface area (Å²) in [6.45, 7) is 0. The number of carboxylic acid groups (broad SMARTS) is 2. The predicted molar refractivity (Wildman–Crippen MR) is 61.2 cm³/mol. The van der Waals surface area contributed by atoms with Crippen molar-refractivity contribution in [3.8, 4) is 11.5 Å².